The highest BCUT2D eigenvalue weighted by molar-refractivity contribution is 14.0. The Morgan fingerprint density at radius 1 is 1.07 bits per heavy atom. The van der Waals surface area contributed by atoms with Crippen molar-refractivity contribution in [2.24, 2.45) is 10.9 Å². The van der Waals surface area contributed by atoms with Crippen LogP contribution in [0.25, 0.3) is 0 Å². The Balaban J connectivity index is 0.00000392. The first-order valence-corrected chi connectivity index (χ1v) is 11.0. The zero-order chi connectivity index (χ0) is 19.3. The molecule has 1 saturated carbocycles. The smallest absolute Gasteiger partial charge is 0.220 e. The largest absolute Gasteiger partial charge is 0.378 e. The third-order valence-corrected chi connectivity index (χ3v) is 5.89. The number of nitrogens with zero attached hydrogens (tertiary/aromatic N) is 2. The van der Waals surface area contributed by atoms with E-state index < -0.39 is 0 Å². The molecule has 0 aromatic heterocycles. The average molecular weight is 508 g/mol. The molecule has 2 fully saturated rings. The molecular formula is C21H41IN4O2. The van der Waals surface area contributed by atoms with E-state index in [1.54, 1.807) is 7.05 Å². The molecule has 1 saturated heterocycles. The van der Waals surface area contributed by atoms with E-state index in [0.717, 1.165) is 57.9 Å². The summed E-state index contributed by atoms with van der Waals surface area (Å²) in [6, 6.07) is 0. The first-order chi connectivity index (χ1) is 13.2. The van der Waals surface area contributed by atoms with Gasteiger partial charge >= 0.3 is 0 Å². The van der Waals surface area contributed by atoms with Gasteiger partial charge in [-0.25, -0.2) is 0 Å². The lowest BCUT2D eigenvalue weighted by Crippen LogP contribution is -2.46. The van der Waals surface area contributed by atoms with Gasteiger partial charge in [0, 0.05) is 46.8 Å². The molecule has 28 heavy (non-hydrogen) atoms. The predicted octanol–water partition coefficient (Wildman–Crippen LogP) is 3.55. The number of unbranched alkanes of at least 4 members (excludes halogenated alkanes) is 1. The van der Waals surface area contributed by atoms with Crippen molar-refractivity contribution in [2.75, 3.05) is 40.3 Å². The molecule has 1 amide bonds. The van der Waals surface area contributed by atoms with Gasteiger partial charge in [0.1, 0.15) is 0 Å². The number of carbonyl (C=O) groups excluding carboxylic acids is 1. The van der Waals surface area contributed by atoms with Gasteiger partial charge in [-0.1, -0.05) is 25.7 Å². The van der Waals surface area contributed by atoms with Gasteiger partial charge in [-0.15, -0.1) is 24.0 Å². The summed E-state index contributed by atoms with van der Waals surface area (Å²) >= 11 is 0. The first kappa shape index (κ1) is 25.5. The fraction of sp³-hybridized carbons (Fsp3) is 0.905. The summed E-state index contributed by atoms with van der Waals surface area (Å²) in [5, 5.41) is 6.22. The second-order valence-corrected chi connectivity index (χ2v) is 7.97. The number of hydrogen-bond donors (Lipinski definition) is 2. The Morgan fingerprint density at radius 2 is 1.75 bits per heavy atom. The minimum atomic E-state index is 0. The van der Waals surface area contributed by atoms with Crippen LogP contribution in [0.3, 0.4) is 0 Å². The quantitative estimate of drug-likeness (QED) is 0.173. The predicted molar refractivity (Wildman–Crippen MR) is 126 cm³/mol. The van der Waals surface area contributed by atoms with Crippen LogP contribution in [-0.2, 0) is 9.53 Å². The van der Waals surface area contributed by atoms with Crippen LogP contribution in [-0.4, -0.2) is 63.2 Å². The molecule has 1 heterocycles. The van der Waals surface area contributed by atoms with E-state index in [1.165, 1.54) is 38.5 Å². The zero-order valence-corrected chi connectivity index (χ0v) is 20.2. The van der Waals surface area contributed by atoms with E-state index in [4.69, 9.17) is 4.74 Å². The summed E-state index contributed by atoms with van der Waals surface area (Å²) in [6.07, 6.45) is 13.4. The maximum Gasteiger partial charge on any atom is 0.220 e. The monoisotopic (exact) mass is 508 g/mol. The Hall–Kier alpha value is -0.570. The maximum atomic E-state index is 11.5. The molecule has 0 spiro atoms. The maximum absolute atomic E-state index is 11.5. The summed E-state index contributed by atoms with van der Waals surface area (Å²) < 4.78 is 6.06. The molecular weight excluding hydrogens is 467 g/mol. The van der Waals surface area contributed by atoms with Crippen LogP contribution >= 0.6 is 24.0 Å². The minimum Gasteiger partial charge on any atom is -0.378 e. The van der Waals surface area contributed by atoms with Crippen LogP contribution < -0.4 is 10.6 Å². The Bertz CT molecular complexity index is 446. The number of piperidine rings is 1. The molecule has 0 radical (unpaired) electrons. The number of ether oxygens (including phenoxy) is 1. The highest BCUT2D eigenvalue weighted by Gasteiger charge is 2.22. The Labute approximate surface area is 188 Å². The van der Waals surface area contributed by atoms with Crippen LogP contribution in [0.1, 0.15) is 70.6 Å². The van der Waals surface area contributed by atoms with Crippen molar-refractivity contribution >= 4 is 35.8 Å². The Kier molecular flexibility index (Phi) is 13.9. The fourth-order valence-electron chi connectivity index (χ4n) is 4.13. The van der Waals surface area contributed by atoms with Crippen molar-refractivity contribution in [1.82, 2.24) is 15.5 Å². The molecule has 0 atom stereocenters. The number of nitrogens with one attached hydrogen (secondary N) is 2. The van der Waals surface area contributed by atoms with Crippen LogP contribution in [0.5, 0.6) is 0 Å². The summed E-state index contributed by atoms with van der Waals surface area (Å²) in [4.78, 5) is 18.3. The summed E-state index contributed by atoms with van der Waals surface area (Å²) in [5.41, 5.74) is 0. The van der Waals surface area contributed by atoms with Gasteiger partial charge in [-0.2, -0.15) is 0 Å². The lowest BCUT2D eigenvalue weighted by molar-refractivity contribution is -0.121. The average Bonchev–Trinajstić information content (AvgIpc) is 2.97. The van der Waals surface area contributed by atoms with Gasteiger partial charge in [0.05, 0.1) is 6.10 Å². The molecule has 0 aromatic rings. The molecule has 7 heteroatoms. The van der Waals surface area contributed by atoms with Crippen LogP contribution in [0.2, 0.25) is 0 Å². The lowest BCUT2D eigenvalue weighted by Gasteiger charge is -2.34. The molecule has 164 valence electrons. The van der Waals surface area contributed by atoms with E-state index in [1.807, 2.05) is 7.05 Å². The molecule has 2 rings (SSSR count). The number of aliphatic imine (C=N–C) groups is 1. The summed E-state index contributed by atoms with van der Waals surface area (Å²) in [6.45, 7) is 3.78. The van der Waals surface area contributed by atoms with Crippen molar-refractivity contribution in [3.63, 3.8) is 0 Å². The minimum absolute atomic E-state index is 0. The number of carbonyl (C=O) groups is 1. The standard InChI is InChI=1S/C21H40N4O2.HI/c1-22-20(26)17-18-11-14-25(15-12-18)21(23-2)24-13-7-8-16-27-19-9-5-3-4-6-10-19;/h18-19H,3-17H2,1-2H3,(H,22,26)(H,23,24);1H. The normalized spacial score (nSPS) is 19.6. The molecule has 0 bridgehead atoms. The highest BCUT2D eigenvalue weighted by atomic mass is 127. The van der Waals surface area contributed by atoms with Gasteiger partial charge in [0.25, 0.3) is 0 Å². The SMILES string of the molecule is CN=C(NCCCCOC1CCCCCC1)N1CCC(CC(=O)NC)CC1.I. The van der Waals surface area contributed by atoms with Crippen molar-refractivity contribution in [1.29, 1.82) is 0 Å². The number of amides is 1. The van der Waals surface area contributed by atoms with Crippen LogP contribution in [0.15, 0.2) is 4.99 Å². The van der Waals surface area contributed by atoms with Crippen molar-refractivity contribution < 1.29 is 9.53 Å². The second kappa shape index (κ2) is 15.3. The molecule has 1 aliphatic carbocycles. The van der Waals surface area contributed by atoms with Crippen molar-refractivity contribution in [3.8, 4) is 0 Å². The third-order valence-electron chi connectivity index (χ3n) is 5.89. The molecule has 0 unspecified atom stereocenters. The van der Waals surface area contributed by atoms with E-state index in [9.17, 15) is 4.79 Å². The van der Waals surface area contributed by atoms with Gasteiger partial charge in [0.15, 0.2) is 5.96 Å². The van der Waals surface area contributed by atoms with Crippen molar-refractivity contribution in [2.45, 2.75) is 76.7 Å². The topological polar surface area (TPSA) is 66.0 Å². The lowest BCUT2D eigenvalue weighted by atomic mass is 9.93. The van der Waals surface area contributed by atoms with Gasteiger partial charge in [-0.3, -0.25) is 9.79 Å². The number of rotatable bonds is 8. The number of guanidine groups is 1. The number of halogens is 1. The van der Waals surface area contributed by atoms with Gasteiger partial charge < -0.3 is 20.3 Å². The second-order valence-electron chi connectivity index (χ2n) is 7.97. The molecule has 2 aliphatic rings. The summed E-state index contributed by atoms with van der Waals surface area (Å²) in [7, 11) is 3.57. The number of likely N-dealkylation sites (tertiary alicyclic amines) is 1. The van der Waals surface area contributed by atoms with Crippen LogP contribution in [0.4, 0.5) is 0 Å². The Morgan fingerprint density at radius 3 is 2.36 bits per heavy atom. The highest BCUT2D eigenvalue weighted by Crippen LogP contribution is 2.21. The third kappa shape index (κ3) is 9.76. The van der Waals surface area contributed by atoms with Crippen molar-refractivity contribution in [3.05, 3.63) is 0 Å². The van der Waals surface area contributed by atoms with Gasteiger partial charge in [-0.05, 0) is 44.4 Å². The first-order valence-electron chi connectivity index (χ1n) is 11.0. The molecule has 6 nitrogen and oxygen atoms in total. The zero-order valence-electron chi connectivity index (χ0n) is 17.9. The molecule has 2 N–H and O–H groups in total. The van der Waals surface area contributed by atoms with Crippen LogP contribution in [0, 0.1) is 5.92 Å². The van der Waals surface area contributed by atoms with E-state index in [2.05, 4.69) is 20.5 Å². The number of hydrogen-bond acceptors (Lipinski definition) is 3. The van der Waals surface area contributed by atoms with E-state index >= 15 is 0 Å². The molecule has 1 aliphatic heterocycles. The molecule has 0 aromatic carbocycles. The summed E-state index contributed by atoms with van der Waals surface area (Å²) in [5.74, 6) is 1.65. The fourth-order valence-corrected chi connectivity index (χ4v) is 4.13. The van der Waals surface area contributed by atoms with Gasteiger partial charge in [0.2, 0.25) is 5.91 Å². The van der Waals surface area contributed by atoms with E-state index in [-0.39, 0.29) is 29.9 Å². The van der Waals surface area contributed by atoms with E-state index in [0.29, 0.717) is 18.4 Å².